The molecule has 2 atom stereocenters. The Bertz CT molecular complexity index is 1210. The van der Waals surface area contributed by atoms with E-state index in [-0.39, 0.29) is 0 Å². The van der Waals surface area contributed by atoms with Gasteiger partial charge in [-0.1, -0.05) is 38.4 Å². The van der Waals surface area contributed by atoms with Crippen molar-refractivity contribution in [1.29, 1.82) is 0 Å². The monoisotopic (exact) mass is 531 g/mol. The van der Waals surface area contributed by atoms with Crippen LogP contribution in [0.1, 0.15) is 43.6 Å². The quantitative estimate of drug-likeness (QED) is 0.146. The number of carboxylic acids is 1. The van der Waals surface area contributed by atoms with Crippen LogP contribution in [0.2, 0.25) is 5.02 Å². The molecule has 194 valence electrons. The number of benzene rings is 2. The van der Waals surface area contributed by atoms with Gasteiger partial charge in [-0.3, -0.25) is 24.5 Å². The molecular formula is C23H21ClF3NO8. The number of rotatable bonds is 8. The molecule has 0 saturated heterocycles. The molecule has 0 aliphatic carbocycles. The summed E-state index contributed by atoms with van der Waals surface area (Å²) in [6, 6.07) is 5.06. The first-order chi connectivity index (χ1) is 16.4. The summed E-state index contributed by atoms with van der Waals surface area (Å²) in [5.74, 6) is -8.18. The number of carbonyl (C=O) groups excluding carboxylic acids is 2. The summed E-state index contributed by atoms with van der Waals surface area (Å²) in [4.78, 5) is 48.1. The third-order valence-electron chi connectivity index (χ3n) is 5.18. The minimum Gasteiger partial charge on any atom is -0.480 e. The average Bonchev–Trinajstić information content (AvgIpc) is 2.73. The predicted octanol–water partition coefficient (Wildman–Crippen LogP) is 5.92. The number of nitro groups is 1. The Morgan fingerprint density at radius 3 is 2.17 bits per heavy atom. The molecule has 0 saturated carbocycles. The normalized spacial score (nSPS) is 13.4. The second-order valence-corrected chi connectivity index (χ2v) is 9.14. The molecule has 0 fully saturated rings. The van der Waals surface area contributed by atoms with Crippen molar-refractivity contribution in [2.75, 3.05) is 0 Å². The van der Waals surface area contributed by atoms with Crippen molar-refractivity contribution in [3.63, 3.8) is 0 Å². The number of hydrogen-bond donors (Lipinski definition) is 1. The number of nitro benzene ring substituents is 1. The molecule has 0 aliphatic heterocycles. The van der Waals surface area contributed by atoms with Crippen molar-refractivity contribution in [1.82, 2.24) is 0 Å². The van der Waals surface area contributed by atoms with Gasteiger partial charge < -0.3 is 14.6 Å². The van der Waals surface area contributed by atoms with E-state index < -0.39 is 79.6 Å². The lowest BCUT2D eigenvalue weighted by atomic mass is 9.90. The number of halogens is 4. The highest BCUT2D eigenvalue weighted by Gasteiger charge is 2.42. The smallest absolute Gasteiger partial charge is 0.416 e. The van der Waals surface area contributed by atoms with Gasteiger partial charge in [0.25, 0.3) is 0 Å². The zero-order valence-corrected chi connectivity index (χ0v) is 20.1. The molecule has 0 spiro atoms. The summed E-state index contributed by atoms with van der Waals surface area (Å²) in [5.41, 5.74) is -3.48. The average molecular weight is 532 g/mol. The number of para-hydroxylation sites is 1. The number of ketones is 1. The molecule has 0 bridgehead atoms. The first-order valence-corrected chi connectivity index (χ1v) is 10.6. The Labute approximate surface area is 207 Å². The number of carboxylic acid groups (broad SMARTS) is 1. The molecular weight excluding hydrogens is 511 g/mol. The fraction of sp³-hybridized carbons (Fsp3) is 0.348. The van der Waals surface area contributed by atoms with Gasteiger partial charge in [0.05, 0.1) is 15.5 Å². The van der Waals surface area contributed by atoms with Gasteiger partial charge in [0, 0.05) is 0 Å². The number of esters is 1. The van der Waals surface area contributed by atoms with Crippen LogP contribution in [0.4, 0.5) is 18.9 Å². The Morgan fingerprint density at radius 2 is 1.69 bits per heavy atom. The van der Waals surface area contributed by atoms with Gasteiger partial charge >= 0.3 is 23.8 Å². The molecule has 2 rings (SSSR count). The van der Waals surface area contributed by atoms with Gasteiger partial charge in [0.15, 0.2) is 5.78 Å². The molecule has 9 nitrogen and oxygen atoms in total. The highest BCUT2D eigenvalue weighted by Crippen LogP contribution is 2.40. The molecule has 13 heteroatoms. The fourth-order valence-corrected chi connectivity index (χ4v) is 2.98. The molecule has 2 unspecified atom stereocenters. The van der Waals surface area contributed by atoms with E-state index in [2.05, 4.69) is 0 Å². The van der Waals surface area contributed by atoms with Crippen molar-refractivity contribution in [3.8, 4) is 11.5 Å². The Hall–Kier alpha value is -3.67. The van der Waals surface area contributed by atoms with Crippen molar-refractivity contribution in [2.24, 2.45) is 11.3 Å². The molecule has 0 amide bonds. The highest BCUT2D eigenvalue weighted by molar-refractivity contribution is 6.32. The van der Waals surface area contributed by atoms with Crippen LogP contribution in [-0.2, 0) is 20.5 Å². The van der Waals surface area contributed by atoms with Crippen LogP contribution >= 0.6 is 11.6 Å². The summed E-state index contributed by atoms with van der Waals surface area (Å²) in [6.07, 6.45) is -5.50. The van der Waals surface area contributed by atoms with Crippen LogP contribution < -0.4 is 4.74 Å². The van der Waals surface area contributed by atoms with E-state index in [1.165, 1.54) is 6.92 Å². The summed E-state index contributed by atoms with van der Waals surface area (Å²) < 4.78 is 49.1. The van der Waals surface area contributed by atoms with E-state index in [1.54, 1.807) is 20.8 Å². The second-order valence-electron chi connectivity index (χ2n) is 8.74. The Balaban J connectivity index is 2.50. The van der Waals surface area contributed by atoms with E-state index in [9.17, 15) is 42.8 Å². The van der Waals surface area contributed by atoms with E-state index in [4.69, 9.17) is 21.1 Å². The van der Waals surface area contributed by atoms with Crippen LogP contribution in [-0.4, -0.2) is 33.9 Å². The minimum absolute atomic E-state index is 0.398. The Kier molecular flexibility index (Phi) is 8.35. The summed E-state index contributed by atoms with van der Waals surface area (Å²) >= 11 is 5.84. The molecule has 0 aliphatic rings. The topological polar surface area (TPSA) is 133 Å². The van der Waals surface area contributed by atoms with E-state index in [0.29, 0.717) is 12.1 Å². The predicted molar refractivity (Wildman–Crippen MR) is 120 cm³/mol. The van der Waals surface area contributed by atoms with Crippen LogP contribution in [0.5, 0.6) is 11.5 Å². The lowest BCUT2D eigenvalue weighted by molar-refractivity contribution is -0.385. The second kappa shape index (κ2) is 10.5. The summed E-state index contributed by atoms with van der Waals surface area (Å²) in [6.45, 7) is 6.62. The largest absolute Gasteiger partial charge is 0.480 e. The van der Waals surface area contributed by atoms with Gasteiger partial charge in [-0.05, 0) is 42.7 Å². The maximum atomic E-state index is 13.0. The molecule has 0 heterocycles. The highest BCUT2D eigenvalue weighted by atomic mass is 35.5. The number of nitrogens with zero attached hydrogens (tertiary/aromatic N) is 1. The van der Waals surface area contributed by atoms with Gasteiger partial charge in [-0.15, -0.1) is 0 Å². The third-order valence-corrected chi connectivity index (χ3v) is 5.48. The minimum atomic E-state index is -4.70. The fourth-order valence-electron chi connectivity index (χ4n) is 2.76. The Morgan fingerprint density at radius 1 is 1.08 bits per heavy atom. The maximum Gasteiger partial charge on any atom is 0.416 e. The molecule has 1 N–H and O–H groups in total. The van der Waals surface area contributed by atoms with E-state index in [0.717, 1.165) is 24.3 Å². The van der Waals surface area contributed by atoms with Crippen LogP contribution in [0, 0.1) is 21.4 Å². The van der Waals surface area contributed by atoms with Crippen LogP contribution in [0.15, 0.2) is 36.4 Å². The zero-order valence-electron chi connectivity index (χ0n) is 19.4. The number of alkyl halides is 3. The maximum absolute atomic E-state index is 13.0. The van der Waals surface area contributed by atoms with Crippen LogP contribution in [0.3, 0.4) is 0 Å². The van der Waals surface area contributed by atoms with Gasteiger partial charge in [0.2, 0.25) is 11.7 Å². The van der Waals surface area contributed by atoms with Crippen molar-refractivity contribution in [3.05, 3.63) is 62.7 Å². The summed E-state index contributed by atoms with van der Waals surface area (Å²) in [7, 11) is 0. The number of carbonyl (C=O) groups is 3. The lowest BCUT2D eigenvalue weighted by Crippen LogP contribution is -2.38. The van der Waals surface area contributed by atoms with Crippen LogP contribution in [0.25, 0.3) is 0 Å². The number of aliphatic carboxylic acids is 1. The molecule has 0 aromatic heterocycles. The number of ether oxygens (including phenoxy) is 2. The number of Topliss-reactive ketones (excluding diaryl/α,β-unsaturated/α-hetero) is 1. The number of hydrogen-bond acceptors (Lipinski definition) is 7. The van der Waals surface area contributed by atoms with Crippen molar-refractivity contribution in [2.45, 2.75) is 40.0 Å². The lowest BCUT2D eigenvalue weighted by Gasteiger charge is -2.27. The molecule has 2 aromatic rings. The molecule has 36 heavy (non-hydrogen) atoms. The van der Waals surface area contributed by atoms with E-state index >= 15 is 0 Å². The first-order valence-electron chi connectivity index (χ1n) is 10.2. The van der Waals surface area contributed by atoms with Gasteiger partial charge in [-0.25, -0.2) is 0 Å². The SMILES string of the molecule is CC(OC(=O)C(C(=O)O)C(=O)c1cccc(Oc2ccc(C(F)(F)F)cc2Cl)c1[N+](=O)[O-])C(C)(C)C. The molecule has 0 radical (unpaired) electrons. The molecule has 2 aromatic carbocycles. The van der Waals surface area contributed by atoms with Crippen molar-refractivity contribution < 1.29 is 47.1 Å². The zero-order chi connectivity index (χ0) is 27.6. The van der Waals surface area contributed by atoms with E-state index in [1.807, 2.05) is 0 Å². The van der Waals surface area contributed by atoms with Gasteiger partial charge in [0.1, 0.15) is 17.4 Å². The third kappa shape index (κ3) is 6.51. The summed E-state index contributed by atoms with van der Waals surface area (Å²) in [5, 5.41) is 20.8. The van der Waals surface area contributed by atoms with Gasteiger partial charge in [-0.2, -0.15) is 13.2 Å². The standard InChI is InChI=1S/C23H21ClF3NO8/c1-11(22(2,3)4)35-21(32)17(20(30)31)19(29)13-6-5-7-16(18(13)28(33)34)36-15-9-8-12(10-14(15)24)23(25,26)27/h5-11,17H,1-4H3,(H,30,31). The first kappa shape index (κ1) is 28.6. The van der Waals surface area contributed by atoms with Crippen molar-refractivity contribution >= 4 is 35.0 Å².